The van der Waals surface area contributed by atoms with Crippen molar-refractivity contribution in [2.75, 3.05) is 36.2 Å². The van der Waals surface area contributed by atoms with Gasteiger partial charge in [0.25, 0.3) is 0 Å². The molecule has 0 saturated heterocycles. The van der Waals surface area contributed by atoms with Crippen molar-refractivity contribution in [1.82, 2.24) is 0 Å². The van der Waals surface area contributed by atoms with Crippen LogP contribution in [0.1, 0.15) is 10.4 Å². The van der Waals surface area contributed by atoms with Crippen molar-refractivity contribution in [2.24, 2.45) is 0 Å². The lowest BCUT2D eigenvalue weighted by atomic mass is 10.2. The Labute approximate surface area is 152 Å². The average molecular weight is 376 g/mol. The summed E-state index contributed by atoms with van der Waals surface area (Å²) in [7, 11) is -0.855. The molecule has 0 heterocycles. The summed E-state index contributed by atoms with van der Waals surface area (Å²) in [4.78, 5) is 25.4. The Morgan fingerprint density at radius 1 is 0.962 bits per heavy atom. The molecule has 0 atom stereocenters. The number of sulfonamides is 1. The van der Waals surface area contributed by atoms with Gasteiger partial charge in [0.05, 0.1) is 24.6 Å². The molecule has 0 fully saturated rings. The molecule has 0 aliphatic carbocycles. The third-order valence-corrected chi connectivity index (χ3v) is 4.91. The maximum atomic E-state index is 12.5. The van der Waals surface area contributed by atoms with Crippen molar-refractivity contribution >= 4 is 33.3 Å². The number of methoxy groups -OCH3 is 1. The smallest absolute Gasteiger partial charge is 0.337 e. The van der Waals surface area contributed by atoms with Crippen molar-refractivity contribution in [3.05, 3.63) is 60.2 Å². The quantitative estimate of drug-likeness (QED) is 0.719. The first kappa shape index (κ1) is 19.5. The average Bonchev–Trinajstić information content (AvgIpc) is 2.64. The van der Waals surface area contributed by atoms with E-state index in [0.717, 1.165) is 10.6 Å². The molecule has 0 aliphatic heterocycles. The van der Waals surface area contributed by atoms with Gasteiger partial charge < -0.3 is 9.64 Å². The predicted molar refractivity (Wildman–Crippen MR) is 99.8 cm³/mol. The van der Waals surface area contributed by atoms with E-state index in [4.69, 9.17) is 0 Å². The molecular weight excluding hydrogens is 356 g/mol. The standard InChI is InChI=1S/C18H20N2O5S/c1-19(15-7-5-4-6-8-15)17(21)13-20(26(3,23)24)16-11-9-14(10-12-16)18(22)25-2/h4-12H,13H2,1-3H3. The minimum absolute atomic E-state index is 0.287. The highest BCUT2D eigenvalue weighted by atomic mass is 32.2. The molecule has 7 nitrogen and oxygen atoms in total. The topological polar surface area (TPSA) is 84.0 Å². The maximum absolute atomic E-state index is 12.5. The lowest BCUT2D eigenvalue weighted by Crippen LogP contribution is -2.41. The number of likely N-dealkylation sites (N-methyl/N-ethyl adjacent to an activating group) is 1. The minimum Gasteiger partial charge on any atom is -0.465 e. The van der Waals surface area contributed by atoms with Crippen LogP contribution in [0.25, 0.3) is 0 Å². The van der Waals surface area contributed by atoms with Gasteiger partial charge in [-0.05, 0) is 36.4 Å². The predicted octanol–water partition coefficient (Wildman–Crippen LogP) is 1.90. The van der Waals surface area contributed by atoms with Crippen LogP contribution in [0.15, 0.2) is 54.6 Å². The summed E-state index contributed by atoms with van der Waals surface area (Å²) in [6.07, 6.45) is 1.02. The highest BCUT2D eigenvalue weighted by Gasteiger charge is 2.23. The summed E-state index contributed by atoms with van der Waals surface area (Å²) in [5.41, 5.74) is 1.24. The fraction of sp³-hybridized carbons (Fsp3) is 0.222. The number of rotatable bonds is 6. The molecule has 0 unspecified atom stereocenters. The number of benzene rings is 2. The zero-order valence-corrected chi connectivity index (χ0v) is 15.6. The molecule has 0 radical (unpaired) electrons. The monoisotopic (exact) mass is 376 g/mol. The van der Waals surface area contributed by atoms with Gasteiger partial charge in [-0.3, -0.25) is 9.10 Å². The van der Waals surface area contributed by atoms with Crippen LogP contribution in [0.2, 0.25) is 0 Å². The highest BCUT2D eigenvalue weighted by Crippen LogP contribution is 2.20. The van der Waals surface area contributed by atoms with E-state index >= 15 is 0 Å². The Bertz CT molecular complexity index is 880. The summed E-state index contributed by atoms with van der Waals surface area (Å²) in [6, 6.07) is 14.7. The van der Waals surface area contributed by atoms with Gasteiger partial charge in [0.1, 0.15) is 6.54 Å². The Morgan fingerprint density at radius 3 is 2.04 bits per heavy atom. The molecule has 2 rings (SSSR count). The van der Waals surface area contributed by atoms with Gasteiger partial charge in [-0.2, -0.15) is 0 Å². The normalized spacial score (nSPS) is 10.9. The zero-order chi connectivity index (χ0) is 19.3. The Hall–Kier alpha value is -2.87. The molecule has 26 heavy (non-hydrogen) atoms. The van der Waals surface area contributed by atoms with E-state index in [0.29, 0.717) is 5.69 Å². The van der Waals surface area contributed by atoms with Crippen LogP contribution in [0, 0.1) is 0 Å². The van der Waals surface area contributed by atoms with E-state index in [1.54, 1.807) is 31.3 Å². The van der Waals surface area contributed by atoms with Crippen molar-refractivity contribution < 1.29 is 22.7 Å². The Kier molecular flexibility index (Phi) is 5.99. The maximum Gasteiger partial charge on any atom is 0.337 e. The molecule has 138 valence electrons. The summed E-state index contributed by atoms with van der Waals surface area (Å²) in [5, 5.41) is 0. The number of carbonyl (C=O) groups is 2. The Morgan fingerprint density at radius 2 is 1.54 bits per heavy atom. The van der Waals surface area contributed by atoms with Gasteiger partial charge in [0.15, 0.2) is 0 Å². The molecular formula is C18H20N2O5S. The van der Waals surface area contributed by atoms with Gasteiger partial charge in [-0.1, -0.05) is 18.2 Å². The van der Waals surface area contributed by atoms with Crippen LogP contribution < -0.4 is 9.21 Å². The fourth-order valence-corrected chi connectivity index (χ4v) is 3.16. The number of ether oxygens (including phenoxy) is 1. The molecule has 0 aromatic heterocycles. The van der Waals surface area contributed by atoms with Crippen LogP contribution in [0.5, 0.6) is 0 Å². The SMILES string of the molecule is COC(=O)c1ccc(N(CC(=O)N(C)c2ccccc2)S(C)(=O)=O)cc1. The Balaban J connectivity index is 2.26. The number of anilines is 2. The van der Waals surface area contributed by atoms with Crippen LogP contribution in [-0.4, -0.2) is 47.3 Å². The van der Waals surface area contributed by atoms with Crippen LogP contribution in [0.4, 0.5) is 11.4 Å². The van der Waals surface area contributed by atoms with Crippen LogP contribution in [0.3, 0.4) is 0 Å². The second kappa shape index (κ2) is 8.01. The molecule has 0 saturated carbocycles. The fourth-order valence-electron chi connectivity index (χ4n) is 2.31. The number of nitrogens with zero attached hydrogens (tertiary/aromatic N) is 2. The van der Waals surface area contributed by atoms with Crippen molar-refractivity contribution in [2.45, 2.75) is 0 Å². The third-order valence-electron chi connectivity index (χ3n) is 3.77. The zero-order valence-electron chi connectivity index (χ0n) is 14.7. The van der Waals surface area contributed by atoms with E-state index in [2.05, 4.69) is 4.74 Å². The molecule has 8 heteroatoms. The first-order chi connectivity index (χ1) is 12.2. The molecule has 2 aromatic rings. The molecule has 0 aliphatic rings. The van der Waals surface area contributed by atoms with Crippen molar-refractivity contribution in [3.63, 3.8) is 0 Å². The van der Waals surface area contributed by atoms with Crippen LogP contribution in [-0.2, 0) is 19.6 Å². The summed E-state index contributed by atoms with van der Waals surface area (Å²) in [5.74, 6) is -0.916. The molecule has 0 spiro atoms. The highest BCUT2D eigenvalue weighted by molar-refractivity contribution is 7.92. The second-order valence-electron chi connectivity index (χ2n) is 5.60. The second-order valence-corrected chi connectivity index (χ2v) is 7.50. The van der Waals surface area contributed by atoms with E-state index in [1.807, 2.05) is 6.07 Å². The lowest BCUT2D eigenvalue weighted by molar-refractivity contribution is -0.116. The number of hydrogen-bond donors (Lipinski definition) is 0. The van der Waals surface area contributed by atoms with Gasteiger partial charge in [-0.15, -0.1) is 0 Å². The molecule has 1 amide bonds. The van der Waals surface area contributed by atoms with Crippen molar-refractivity contribution in [3.8, 4) is 0 Å². The molecule has 2 aromatic carbocycles. The van der Waals surface area contributed by atoms with Gasteiger partial charge in [-0.25, -0.2) is 13.2 Å². The lowest BCUT2D eigenvalue weighted by Gasteiger charge is -2.25. The number of carbonyl (C=O) groups excluding carboxylic acids is 2. The van der Waals surface area contributed by atoms with E-state index < -0.39 is 21.9 Å². The first-order valence-electron chi connectivity index (χ1n) is 7.71. The molecule has 0 bridgehead atoms. The summed E-state index contributed by atoms with van der Waals surface area (Å²) >= 11 is 0. The van der Waals surface area contributed by atoms with Crippen LogP contribution >= 0.6 is 0 Å². The van der Waals surface area contributed by atoms with E-state index in [-0.39, 0.29) is 17.8 Å². The number of amides is 1. The largest absolute Gasteiger partial charge is 0.465 e. The van der Waals surface area contributed by atoms with Gasteiger partial charge in [0, 0.05) is 12.7 Å². The van der Waals surface area contributed by atoms with E-state index in [9.17, 15) is 18.0 Å². The van der Waals surface area contributed by atoms with Gasteiger partial charge >= 0.3 is 5.97 Å². The minimum atomic E-state index is -3.70. The third kappa shape index (κ3) is 4.60. The van der Waals surface area contributed by atoms with E-state index in [1.165, 1.54) is 36.3 Å². The summed E-state index contributed by atoms with van der Waals surface area (Å²) < 4.78 is 29.9. The number of para-hydroxylation sites is 1. The van der Waals surface area contributed by atoms with Gasteiger partial charge in [0.2, 0.25) is 15.9 Å². The summed E-state index contributed by atoms with van der Waals surface area (Å²) in [6.45, 7) is -0.359. The van der Waals surface area contributed by atoms with Crippen molar-refractivity contribution in [1.29, 1.82) is 0 Å². The number of hydrogen-bond acceptors (Lipinski definition) is 5. The first-order valence-corrected chi connectivity index (χ1v) is 9.56. The number of esters is 1. The molecule has 0 N–H and O–H groups in total.